The first-order valence-corrected chi connectivity index (χ1v) is 6.00. The van der Waals surface area contributed by atoms with Gasteiger partial charge in [-0.2, -0.15) is 0 Å². The predicted molar refractivity (Wildman–Crippen MR) is 71.3 cm³/mol. The molecule has 0 aromatic heterocycles. The number of carbonyl (C=O) groups excluding carboxylic acids is 2. The molecule has 6 nitrogen and oxygen atoms in total. The van der Waals surface area contributed by atoms with Gasteiger partial charge in [-0.25, -0.2) is 4.79 Å². The molecule has 3 N–H and O–H groups in total. The largest absolute Gasteiger partial charge is 0.453 e. The molecule has 0 heterocycles. The van der Waals surface area contributed by atoms with Crippen molar-refractivity contribution in [2.45, 2.75) is 6.54 Å². The molecule has 2 amide bonds. The fraction of sp³-hybridized carbons (Fsp3) is 0.385. The number of hydrogen-bond donors (Lipinski definition) is 2. The maximum absolute atomic E-state index is 11.6. The molecule has 0 spiro atoms. The van der Waals surface area contributed by atoms with Crippen LogP contribution in [0.3, 0.4) is 0 Å². The summed E-state index contributed by atoms with van der Waals surface area (Å²) in [5.41, 5.74) is 6.61. The minimum Gasteiger partial charge on any atom is -0.453 e. The highest BCUT2D eigenvalue weighted by molar-refractivity contribution is 5.92. The first-order chi connectivity index (χ1) is 9.15. The topological polar surface area (TPSA) is 84.7 Å². The molecular formula is C13H19N3O3. The quantitative estimate of drug-likeness (QED) is 0.774. The lowest BCUT2D eigenvalue weighted by molar-refractivity contribution is -0.121. The number of nitrogens with zero attached hydrogens (tertiary/aromatic N) is 1. The zero-order valence-corrected chi connectivity index (χ0v) is 11.0. The van der Waals surface area contributed by atoms with Gasteiger partial charge in [0.15, 0.2) is 0 Å². The van der Waals surface area contributed by atoms with Gasteiger partial charge in [-0.1, -0.05) is 30.3 Å². The molecule has 0 radical (unpaired) electrons. The zero-order chi connectivity index (χ0) is 14.1. The van der Waals surface area contributed by atoms with Gasteiger partial charge in [0.05, 0.1) is 13.7 Å². The van der Waals surface area contributed by atoms with E-state index < -0.39 is 12.0 Å². The number of rotatable bonds is 6. The van der Waals surface area contributed by atoms with E-state index in [9.17, 15) is 9.59 Å². The molecule has 104 valence electrons. The molecule has 0 aliphatic rings. The smallest absolute Gasteiger partial charge is 0.413 e. The van der Waals surface area contributed by atoms with E-state index in [1.807, 2.05) is 35.2 Å². The van der Waals surface area contributed by atoms with Gasteiger partial charge in [0.1, 0.15) is 0 Å². The zero-order valence-electron chi connectivity index (χ0n) is 11.0. The lowest BCUT2D eigenvalue weighted by atomic mass is 10.2. The molecular weight excluding hydrogens is 246 g/mol. The van der Waals surface area contributed by atoms with Gasteiger partial charge in [0, 0.05) is 19.6 Å². The van der Waals surface area contributed by atoms with Crippen molar-refractivity contribution in [3.8, 4) is 0 Å². The van der Waals surface area contributed by atoms with E-state index >= 15 is 0 Å². The van der Waals surface area contributed by atoms with E-state index in [1.165, 1.54) is 7.11 Å². The van der Waals surface area contributed by atoms with Crippen molar-refractivity contribution in [3.05, 3.63) is 35.9 Å². The average molecular weight is 265 g/mol. The molecule has 0 atom stereocenters. The van der Waals surface area contributed by atoms with Gasteiger partial charge in [-0.05, 0) is 5.56 Å². The molecule has 1 aromatic rings. The molecule has 0 aliphatic heterocycles. The summed E-state index contributed by atoms with van der Waals surface area (Å²) >= 11 is 0. The maximum atomic E-state index is 11.6. The molecule has 0 unspecified atom stereocenters. The summed E-state index contributed by atoms with van der Waals surface area (Å²) in [5, 5.41) is 2.12. The van der Waals surface area contributed by atoms with Crippen molar-refractivity contribution in [3.63, 3.8) is 0 Å². The summed E-state index contributed by atoms with van der Waals surface area (Å²) in [7, 11) is 1.21. The van der Waals surface area contributed by atoms with E-state index in [0.29, 0.717) is 19.6 Å². The lowest BCUT2D eigenvalue weighted by Gasteiger charge is -2.20. The van der Waals surface area contributed by atoms with E-state index in [1.54, 1.807) is 0 Å². The number of hydrogen-bond acceptors (Lipinski definition) is 5. The van der Waals surface area contributed by atoms with Crippen LogP contribution in [0.4, 0.5) is 4.79 Å². The standard InChI is InChI=1S/C13H19N3O3/c1-19-13(18)15-12(17)10-16(8-7-14)9-11-5-3-2-4-6-11/h2-6H,7-10,14H2,1H3,(H,15,17,18). The number of alkyl carbamates (subject to hydrolysis) is 1. The summed E-state index contributed by atoms with van der Waals surface area (Å²) in [5.74, 6) is -0.406. The third kappa shape index (κ3) is 5.98. The maximum Gasteiger partial charge on any atom is 0.413 e. The first kappa shape index (κ1) is 15.1. The van der Waals surface area contributed by atoms with Gasteiger partial charge in [0.25, 0.3) is 0 Å². The Bertz CT molecular complexity index is 409. The van der Waals surface area contributed by atoms with Crippen LogP contribution in [0.25, 0.3) is 0 Å². The monoisotopic (exact) mass is 265 g/mol. The Hall–Kier alpha value is -1.92. The SMILES string of the molecule is COC(=O)NC(=O)CN(CCN)Cc1ccccc1. The Labute approximate surface area is 112 Å². The summed E-state index contributed by atoms with van der Waals surface area (Å²) in [6.07, 6.45) is -0.752. The van der Waals surface area contributed by atoms with Crippen molar-refractivity contribution in [1.82, 2.24) is 10.2 Å². The fourth-order valence-corrected chi connectivity index (χ4v) is 1.65. The van der Waals surface area contributed by atoms with Crippen molar-refractivity contribution < 1.29 is 14.3 Å². The summed E-state index contributed by atoms with van der Waals surface area (Å²) < 4.78 is 4.37. The van der Waals surface area contributed by atoms with E-state index in [-0.39, 0.29) is 6.54 Å². The van der Waals surface area contributed by atoms with Crippen LogP contribution in [0, 0.1) is 0 Å². The van der Waals surface area contributed by atoms with Crippen molar-refractivity contribution in [1.29, 1.82) is 0 Å². The van der Waals surface area contributed by atoms with Crippen LogP contribution in [0.2, 0.25) is 0 Å². The Morgan fingerprint density at radius 2 is 2.00 bits per heavy atom. The second kappa shape index (κ2) is 8.23. The predicted octanol–water partition coefficient (Wildman–Crippen LogP) is 0.330. The summed E-state index contributed by atoms with van der Waals surface area (Å²) in [6, 6.07) is 9.75. The Kier molecular flexibility index (Phi) is 6.56. The van der Waals surface area contributed by atoms with Gasteiger partial charge in [0.2, 0.25) is 5.91 Å². The van der Waals surface area contributed by atoms with Crippen LogP contribution in [0.5, 0.6) is 0 Å². The van der Waals surface area contributed by atoms with Crippen molar-refractivity contribution in [2.75, 3.05) is 26.7 Å². The highest BCUT2D eigenvalue weighted by atomic mass is 16.5. The normalized spacial score (nSPS) is 10.3. The third-order valence-corrected chi connectivity index (χ3v) is 2.49. The Morgan fingerprint density at radius 1 is 1.32 bits per heavy atom. The number of benzene rings is 1. The molecule has 1 rings (SSSR count). The highest BCUT2D eigenvalue weighted by Gasteiger charge is 2.13. The third-order valence-electron chi connectivity index (χ3n) is 2.49. The van der Waals surface area contributed by atoms with E-state index in [2.05, 4.69) is 10.1 Å². The van der Waals surface area contributed by atoms with Gasteiger partial charge in [-0.3, -0.25) is 15.0 Å². The molecule has 0 aliphatic carbocycles. The molecule has 0 saturated carbocycles. The van der Waals surface area contributed by atoms with Crippen LogP contribution in [-0.2, 0) is 16.1 Å². The van der Waals surface area contributed by atoms with Gasteiger partial charge in [-0.15, -0.1) is 0 Å². The minimum atomic E-state index is -0.752. The van der Waals surface area contributed by atoms with Crippen LogP contribution in [-0.4, -0.2) is 43.6 Å². The molecule has 0 saturated heterocycles. The number of nitrogens with two attached hydrogens (primary N) is 1. The van der Waals surface area contributed by atoms with Crippen molar-refractivity contribution in [2.24, 2.45) is 5.73 Å². The lowest BCUT2D eigenvalue weighted by Crippen LogP contribution is -2.41. The summed E-state index contributed by atoms with van der Waals surface area (Å²) in [4.78, 5) is 24.4. The van der Waals surface area contributed by atoms with E-state index in [0.717, 1.165) is 5.56 Å². The van der Waals surface area contributed by atoms with Crippen LogP contribution >= 0.6 is 0 Å². The minimum absolute atomic E-state index is 0.0984. The second-order valence-electron chi connectivity index (χ2n) is 4.02. The second-order valence-corrected chi connectivity index (χ2v) is 4.02. The number of ether oxygens (including phenoxy) is 1. The highest BCUT2D eigenvalue weighted by Crippen LogP contribution is 2.03. The fourth-order valence-electron chi connectivity index (χ4n) is 1.65. The Morgan fingerprint density at radius 3 is 2.58 bits per heavy atom. The average Bonchev–Trinajstić information content (AvgIpc) is 2.39. The van der Waals surface area contributed by atoms with Crippen molar-refractivity contribution >= 4 is 12.0 Å². The van der Waals surface area contributed by atoms with Crippen LogP contribution in [0.15, 0.2) is 30.3 Å². The van der Waals surface area contributed by atoms with Crippen LogP contribution < -0.4 is 11.1 Å². The molecule has 19 heavy (non-hydrogen) atoms. The molecule has 0 fully saturated rings. The number of amides is 2. The van der Waals surface area contributed by atoms with Crippen LogP contribution in [0.1, 0.15) is 5.56 Å². The summed E-state index contributed by atoms with van der Waals surface area (Å²) in [6.45, 7) is 1.72. The number of nitrogens with one attached hydrogen (secondary N) is 1. The Balaban J connectivity index is 2.53. The molecule has 6 heteroatoms. The van der Waals surface area contributed by atoms with Gasteiger partial charge >= 0.3 is 6.09 Å². The first-order valence-electron chi connectivity index (χ1n) is 6.00. The van der Waals surface area contributed by atoms with E-state index in [4.69, 9.17) is 5.73 Å². The molecule has 0 bridgehead atoms. The number of imide groups is 1. The number of carbonyl (C=O) groups is 2. The number of methoxy groups -OCH3 is 1. The van der Waals surface area contributed by atoms with Gasteiger partial charge < -0.3 is 10.5 Å². The molecule has 1 aromatic carbocycles.